The standard InChI is InChI=1S/C19H22N6O/c1-25(2)12-13-5-7-15(8-6-13)22-11-17(24-20)16-10-14-4-3-9-21-18(14)23-19(16)26/h3-5,7,9-11H,6,8,12,20H2,1-2H3,(H,21,23,26). The Morgan fingerprint density at radius 3 is 2.92 bits per heavy atom. The number of fused-ring (bicyclic) bond motifs is 1. The zero-order valence-electron chi connectivity index (χ0n) is 14.9. The molecule has 2 aromatic heterocycles. The molecule has 0 radical (unpaired) electrons. The molecule has 0 bridgehead atoms. The highest BCUT2D eigenvalue weighted by molar-refractivity contribution is 6.38. The highest BCUT2D eigenvalue weighted by atomic mass is 16.1. The highest BCUT2D eigenvalue weighted by Gasteiger charge is 2.10. The monoisotopic (exact) mass is 350 g/mol. The number of rotatable bonds is 5. The molecular formula is C19H22N6O. The summed E-state index contributed by atoms with van der Waals surface area (Å²) in [5.74, 6) is 5.50. The van der Waals surface area contributed by atoms with Crippen LogP contribution in [0.15, 0.2) is 62.7 Å². The molecule has 0 saturated heterocycles. The van der Waals surface area contributed by atoms with Gasteiger partial charge in [-0.2, -0.15) is 5.10 Å². The molecule has 1 aliphatic carbocycles. The van der Waals surface area contributed by atoms with Gasteiger partial charge in [-0.15, -0.1) is 0 Å². The van der Waals surface area contributed by atoms with Crippen molar-refractivity contribution in [3.8, 4) is 0 Å². The number of hydrazone groups is 1. The van der Waals surface area contributed by atoms with Crippen molar-refractivity contribution >= 4 is 23.0 Å². The predicted octanol–water partition coefficient (Wildman–Crippen LogP) is 1.82. The number of hydrogen-bond donors (Lipinski definition) is 2. The van der Waals surface area contributed by atoms with E-state index in [1.807, 2.05) is 18.2 Å². The van der Waals surface area contributed by atoms with Gasteiger partial charge in [0.25, 0.3) is 5.56 Å². The van der Waals surface area contributed by atoms with Crippen LogP contribution in [0.25, 0.3) is 11.0 Å². The molecule has 7 nitrogen and oxygen atoms in total. The average Bonchev–Trinajstić information content (AvgIpc) is 2.63. The normalized spacial score (nSPS) is 15.6. The summed E-state index contributed by atoms with van der Waals surface area (Å²) in [5, 5.41) is 4.55. The van der Waals surface area contributed by atoms with Crippen LogP contribution in [0.1, 0.15) is 18.4 Å². The molecule has 0 amide bonds. The predicted molar refractivity (Wildman–Crippen MR) is 106 cm³/mol. The van der Waals surface area contributed by atoms with Crippen molar-refractivity contribution in [2.24, 2.45) is 15.9 Å². The van der Waals surface area contributed by atoms with Gasteiger partial charge in [-0.25, -0.2) is 4.98 Å². The SMILES string of the molecule is CN(C)CC1=CC=C(N=CC(=NN)c2cc3cccnc3[nH]c2=O)CC1. The second-order valence-corrected chi connectivity index (χ2v) is 6.45. The molecule has 0 unspecified atom stereocenters. The molecule has 1 aliphatic rings. The third-order valence-corrected chi connectivity index (χ3v) is 4.12. The fourth-order valence-corrected chi connectivity index (χ4v) is 2.86. The first kappa shape index (κ1) is 17.8. The third-order valence-electron chi connectivity index (χ3n) is 4.12. The first-order chi connectivity index (χ1) is 12.6. The number of aromatic amines is 1. The van der Waals surface area contributed by atoms with Crippen LogP contribution in [0.3, 0.4) is 0 Å². The quantitative estimate of drug-likeness (QED) is 0.488. The number of nitrogens with two attached hydrogens (primary N) is 1. The van der Waals surface area contributed by atoms with Gasteiger partial charge in [0.15, 0.2) is 0 Å². The van der Waals surface area contributed by atoms with Crippen molar-refractivity contribution < 1.29 is 0 Å². The fraction of sp³-hybridized carbons (Fsp3) is 0.263. The molecule has 2 heterocycles. The number of nitrogens with zero attached hydrogens (tertiary/aromatic N) is 4. The molecule has 7 heteroatoms. The molecule has 0 aliphatic heterocycles. The zero-order chi connectivity index (χ0) is 18.5. The maximum Gasteiger partial charge on any atom is 0.259 e. The second kappa shape index (κ2) is 7.88. The molecule has 0 atom stereocenters. The van der Waals surface area contributed by atoms with E-state index < -0.39 is 0 Å². The highest BCUT2D eigenvalue weighted by Crippen LogP contribution is 2.19. The van der Waals surface area contributed by atoms with Crippen LogP contribution >= 0.6 is 0 Å². The van der Waals surface area contributed by atoms with Crippen LogP contribution in [-0.4, -0.2) is 47.4 Å². The van der Waals surface area contributed by atoms with Crippen LogP contribution in [0.2, 0.25) is 0 Å². The topological polar surface area (TPSA) is 99.7 Å². The van der Waals surface area contributed by atoms with E-state index in [2.05, 4.69) is 45.1 Å². The van der Waals surface area contributed by atoms with Crippen LogP contribution < -0.4 is 11.4 Å². The molecule has 134 valence electrons. The summed E-state index contributed by atoms with van der Waals surface area (Å²) in [6.07, 6.45) is 9.10. The lowest BCUT2D eigenvalue weighted by Gasteiger charge is -2.16. The lowest BCUT2D eigenvalue weighted by atomic mass is 10.0. The van der Waals surface area contributed by atoms with Crippen LogP contribution in [0.4, 0.5) is 0 Å². The summed E-state index contributed by atoms with van der Waals surface area (Å²) in [5.41, 5.74) is 3.26. The Balaban J connectivity index is 1.84. The minimum absolute atomic E-state index is 0.294. The van der Waals surface area contributed by atoms with Crippen molar-refractivity contribution in [2.75, 3.05) is 20.6 Å². The fourth-order valence-electron chi connectivity index (χ4n) is 2.86. The second-order valence-electron chi connectivity index (χ2n) is 6.45. The Bertz CT molecular complexity index is 981. The van der Waals surface area contributed by atoms with Gasteiger partial charge in [0, 0.05) is 23.8 Å². The van der Waals surface area contributed by atoms with Gasteiger partial charge in [0.05, 0.1) is 11.8 Å². The minimum Gasteiger partial charge on any atom is -0.323 e. The lowest BCUT2D eigenvalue weighted by molar-refractivity contribution is 0.438. The number of allylic oxidation sites excluding steroid dienone is 3. The van der Waals surface area contributed by atoms with Crippen LogP contribution in [-0.2, 0) is 0 Å². The van der Waals surface area contributed by atoms with Gasteiger partial charge < -0.3 is 15.7 Å². The van der Waals surface area contributed by atoms with Gasteiger partial charge in [-0.1, -0.05) is 11.6 Å². The molecule has 0 fully saturated rings. The molecule has 26 heavy (non-hydrogen) atoms. The summed E-state index contributed by atoms with van der Waals surface area (Å²) >= 11 is 0. The number of likely N-dealkylation sites (N-methyl/N-ethyl adjacent to an activating group) is 1. The Hall–Kier alpha value is -3.06. The number of pyridine rings is 2. The maximum absolute atomic E-state index is 12.3. The van der Waals surface area contributed by atoms with E-state index in [4.69, 9.17) is 5.84 Å². The van der Waals surface area contributed by atoms with E-state index in [1.165, 1.54) is 5.57 Å². The van der Waals surface area contributed by atoms with Gasteiger partial charge >= 0.3 is 0 Å². The summed E-state index contributed by atoms with van der Waals surface area (Å²) in [7, 11) is 4.11. The molecular weight excluding hydrogens is 328 g/mol. The molecule has 0 spiro atoms. The Kier molecular flexibility index (Phi) is 5.38. The minimum atomic E-state index is -0.294. The summed E-state index contributed by atoms with van der Waals surface area (Å²) in [6, 6.07) is 5.40. The van der Waals surface area contributed by atoms with Crippen molar-refractivity contribution in [3.63, 3.8) is 0 Å². The number of hydrogen-bond acceptors (Lipinski definition) is 6. The van der Waals surface area contributed by atoms with Crippen LogP contribution in [0.5, 0.6) is 0 Å². The zero-order valence-corrected chi connectivity index (χ0v) is 14.9. The molecule has 3 rings (SSSR count). The van der Waals surface area contributed by atoms with E-state index in [-0.39, 0.29) is 5.56 Å². The summed E-state index contributed by atoms with van der Waals surface area (Å²) < 4.78 is 0. The van der Waals surface area contributed by atoms with E-state index in [0.29, 0.717) is 16.9 Å². The van der Waals surface area contributed by atoms with Gasteiger partial charge in [0.1, 0.15) is 11.4 Å². The summed E-state index contributed by atoms with van der Waals surface area (Å²) in [6.45, 7) is 0.948. The maximum atomic E-state index is 12.3. The largest absolute Gasteiger partial charge is 0.323 e. The Morgan fingerprint density at radius 2 is 2.23 bits per heavy atom. The molecule has 0 aromatic carbocycles. The average molecular weight is 350 g/mol. The van der Waals surface area contributed by atoms with E-state index >= 15 is 0 Å². The lowest BCUT2D eigenvalue weighted by Crippen LogP contribution is -2.20. The smallest absolute Gasteiger partial charge is 0.259 e. The molecule has 0 saturated carbocycles. The van der Waals surface area contributed by atoms with E-state index in [0.717, 1.165) is 30.5 Å². The van der Waals surface area contributed by atoms with Crippen LogP contribution in [0, 0.1) is 0 Å². The summed E-state index contributed by atoms with van der Waals surface area (Å²) in [4.78, 5) is 25.8. The van der Waals surface area contributed by atoms with Crippen molar-refractivity contribution in [1.82, 2.24) is 14.9 Å². The first-order valence-corrected chi connectivity index (χ1v) is 8.40. The van der Waals surface area contributed by atoms with E-state index in [1.54, 1.807) is 18.5 Å². The van der Waals surface area contributed by atoms with Gasteiger partial charge in [0.2, 0.25) is 0 Å². The van der Waals surface area contributed by atoms with Crippen molar-refractivity contribution in [1.29, 1.82) is 0 Å². The van der Waals surface area contributed by atoms with Gasteiger partial charge in [-0.3, -0.25) is 9.79 Å². The van der Waals surface area contributed by atoms with Crippen molar-refractivity contribution in [2.45, 2.75) is 12.8 Å². The number of H-pyrrole nitrogens is 1. The number of aromatic nitrogens is 2. The van der Waals surface area contributed by atoms with Gasteiger partial charge in [-0.05, 0) is 51.2 Å². The Labute approximate surface area is 151 Å². The number of aliphatic imine (C=N–C) groups is 1. The number of nitrogens with one attached hydrogen (secondary N) is 1. The molecule has 2 aromatic rings. The first-order valence-electron chi connectivity index (χ1n) is 8.40. The Morgan fingerprint density at radius 1 is 1.38 bits per heavy atom. The van der Waals surface area contributed by atoms with E-state index in [9.17, 15) is 4.79 Å². The van der Waals surface area contributed by atoms with Crippen molar-refractivity contribution in [3.05, 3.63) is 63.7 Å². The molecule has 3 N–H and O–H groups in total. The third kappa shape index (κ3) is 4.12.